The highest BCUT2D eigenvalue weighted by atomic mass is 16.5. The summed E-state index contributed by atoms with van der Waals surface area (Å²) in [5.74, 6) is 1.56. The van der Waals surface area contributed by atoms with Gasteiger partial charge in [0.05, 0.1) is 6.10 Å². The van der Waals surface area contributed by atoms with Crippen LogP contribution < -0.4 is 5.32 Å². The van der Waals surface area contributed by atoms with E-state index < -0.39 is 5.97 Å². The van der Waals surface area contributed by atoms with Gasteiger partial charge in [-0.25, -0.2) is 0 Å². The van der Waals surface area contributed by atoms with Crippen molar-refractivity contribution in [3.63, 3.8) is 0 Å². The van der Waals surface area contributed by atoms with Crippen molar-refractivity contribution in [2.75, 3.05) is 0 Å². The van der Waals surface area contributed by atoms with Crippen LogP contribution in [0.4, 0.5) is 0 Å². The number of ether oxygens (including phenoxy) is 1. The van der Waals surface area contributed by atoms with Gasteiger partial charge in [0.2, 0.25) is 0 Å². The Hall–Kier alpha value is -0.870. The molecule has 0 radical (unpaired) electrons. The van der Waals surface area contributed by atoms with E-state index in [4.69, 9.17) is 4.74 Å². The zero-order chi connectivity index (χ0) is 18.3. The molecule has 6 aliphatic rings. The SMILES string of the molecule is CC(C)[C@H]1[C@@H]2C[C@@]3(C)[C@@H]4CC[C@H]5CCC=C5[C@@]3(CCC(=O)O)[C@H]1N[C@@H]4O2. The first kappa shape index (κ1) is 17.2. The second-order valence-electron chi connectivity index (χ2n) is 10.2. The molecule has 26 heavy (non-hydrogen) atoms. The van der Waals surface area contributed by atoms with Gasteiger partial charge in [-0.15, -0.1) is 0 Å². The van der Waals surface area contributed by atoms with Gasteiger partial charge >= 0.3 is 5.97 Å². The zero-order valence-electron chi connectivity index (χ0n) is 16.3. The molecule has 3 saturated heterocycles. The van der Waals surface area contributed by atoms with Crippen molar-refractivity contribution in [3.05, 3.63) is 11.6 Å². The van der Waals surface area contributed by atoms with Gasteiger partial charge in [0, 0.05) is 29.7 Å². The molecular weight excluding hydrogens is 326 g/mol. The molecular formula is C22H33NO3. The third-order valence-corrected chi connectivity index (χ3v) is 9.00. The van der Waals surface area contributed by atoms with Crippen molar-refractivity contribution in [2.45, 2.75) is 84.1 Å². The summed E-state index contributed by atoms with van der Waals surface area (Å²) in [4.78, 5) is 11.6. The molecule has 0 unspecified atom stereocenters. The molecule has 6 rings (SSSR count). The topological polar surface area (TPSA) is 58.6 Å². The number of rotatable bonds is 4. The number of hydrogen-bond donors (Lipinski definition) is 2. The number of piperidine rings is 1. The zero-order valence-corrected chi connectivity index (χ0v) is 16.3. The van der Waals surface area contributed by atoms with Crippen molar-refractivity contribution in [2.24, 2.45) is 34.5 Å². The lowest BCUT2D eigenvalue weighted by Gasteiger charge is -2.73. The molecule has 4 nitrogen and oxygen atoms in total. The Balaban J connectivity index is 1.70. The van der Waals surface area contributed by atoms with Crippen LogP contribution in [0.5, 0.6) is 0 Å². The molecule has 6 bridgehead atoms. The summed E-state index contributed by atoms with van der Waals surface area (Å²) in [6, 6.07) is 0.366. The van der Waals surface area contributed by atoms with Crippen LogP contribution in [0.15, 0.2) is 11.6 Å². The fourth-order valence-corrected chi connectivity index (χ4v) is 8.13. The minimum atomic E-state index is -0.648. The van der Waals surface area contributed by atoms with Crippen LogP contribution in [0.25, 0.3) is 0 Å². The van der Waals surface area contributed by atoms with Crippen LogP contribution in [0.1, 0.15) is 65.7 Å². The van der Waals surface area contributed by atoms with Gasteiger partial charge in [0.25, 0.3) is 0 Å². The highest BCUT2D eigenvalue weighted by molar-refractivity contribution is 5.67. The number of hydrogen-bond acceptors (Lipinski definition) is 3. The second-order valence-corrected chi connectivity index (χ2v) is 10.2. The van der Waals surface area contributed by atoms with E-state index in [2.05, 4.69) is 32.2 Å². The lowest BCUT2D eigenvalue weighted by Crippen LogP contribution is -2.79. The number of carbonyl (C=O) groups is 1. The predicted octanol–water partition coefficient (Wildman–Crippen LogP) is 3.96. The largest absolute Gasteiger partial charge is 0.481 e. The van der Waals surface area contributed by atoms with Gasteiger partial charge in [-0.05, 0) is 55.8 Å². The Morgan fingerprint density at radius 1 is 1.38 bits per heavy atom. The number of carboxylic acids is 1. The van der Waals surface area contributed by atoms with Crippen LogP contribution in [-0.4, -0.2) is 29.4 Å². The van der Waals surface area contributed by atoms with E-state index in [1.807, 2.05) is 0 Å². The molecule has 8 atom stereocenters. The number of fused-ring (bicyclic) bond motifs is 1. The monoisotopic (exact) mass is 359 g/mol. The Kier molecular flexibility index (Phi) is 3.70. The van der Waals surface area contributed by atoms with Crippen molar-refractivity contribution in [1.29, 1.82) is 0 Å². The summed E-state index contributed by atoms with van der Waals surface area (Å²) >= 11 is 0. The fourth-order valence-electron chi connectivity index (χ4n) is 8.13. The lowest BCUT2D eigenvalue weighted by molar-refractivity contribution is -0.300. The molecule has 3 aliphatic heterocycles. The molecule has 0 aromatic heterocycles. The van der Waals surface area contributed by atoms with E-state index in [-0.39, 0.29) is 23.5 Å². The fraction of sp³-hybridized carbons (Fsp3) is 0.864. The smallest absolute Gasteiger partial charge is 0.303 e. The summed E-state index contributed by atoms with van der Waals surface area (Å²) in [6.45, 7) is 7.13. The average molecular weight is 360 g/mol. The Labute approximate surface area is 156 Å². The molecule has 0 amide bonds. The van der Waals surface area contributed by atoms with E-state index in [1.54, 1.807) is 5.57 Å². The standard InChI is InChI=1S/C22H33NO3/c1-12(2)18-16-11-21(3)15-8-7-13-5-4-6-14(13)22(21,10-9-17(24)25)19(18)23-20(15)26-16/h6,12-13,15-16,18-20,23H,4-5,7-11H2,1-3H3,(H,24,25)/t13-,15-,16+,18+,19+,20-,21+,22+/m1/s1. The molecule has 2 N–H and O–H groups in total. The molecule has 2 saturated carbocycles. The maximum Gasteiger partial charge on any atom is 0.303 e. The van der Waals surface area contributed by atoms with E-state index in [9.17, 15) is 9.90 Å². The third kappa shape index (κ3) is 1.95. The van der Waals surface area contributed by atoms with Crippen LogP contribution >= 0.6 is 0 Å². The number of carboxylic acid groups (broad SMARTS) is 1. The third-order valence-electron chi connectivity index (χ3n) is 9.00. The minimum Gasteiger partial charge on any atom is -0.481 e. The summed E-state index contributed by atoms with van der Waals surface area (Å²) in [7, 11) is 0. The predicted molar refractivity (Wildman–Crippen MR) is 99.5 cm³/mol. The first-order valence-corrected chi connectivity index (χ1v) is 10.7. The van der Waals surface area contributed by atoms with E-state index in [1.165, 1.54) is 25.7 Å². The first-order chi connectivity index (χ1) is 12.4. The molecule has 4 heteroatoms. The maximum atomic E-state index is 11.6. The quantitative estimate of drug-likeness (QED) is 0.746. The summed E-state index contributed by atoms with van der Waals surface area (Å²) < 4.78 is 6.55. The number of aliphatic carboxylic acids is 1. The van der Waals surface area contributed by atoms with Crippen LogP contribution in [0.2, 0.25) is 0 Å². The molecule has 5 fully saturated rings. The van der Waals surface area contributed by atoms with Gasteiger partial charge in [-0.3, -0.25) is 10.1 Å². The highest BCUT2D eigenvalue weighted by Crippen LogP contribution is 2.72. The Morgan fingerprint density at radius 3 is 2.92 bits per heavy atom. The Morgan fingerprint density at radius 2 is 2.19 bits per heavy atom. The van der Waals surface area contributed by atoms with Gasteiger partial charge in [-0.1, -0.05) is 32.4 Å². The van der Waals surface area contributed by atoms with E-state index >= 15 is 0 Å². The summed E-state index contributed by atoms with van der Waals surface area (Å²) in [5.41, 5.74) is 1.80. The summed E-state index contributed by atoms with van der Waals surface area (Å²) in [5, 5.41) is 13.5. The molecule has 0 aromatic rings. The van der Waals surface area contributed by atoms with Gasteiger partial charge in [0.15, 0.2) is 0 Å². The summed E-state index contributed by atoms with van der Waals surface area (Å²) in [6.07, 6.45) is 10.1. The normalized spacial score (nSPS) is 51.3. The minimum absolute atomic E-state index is 0.000556. The maximum absolute atomic E-state index is 11.6. The van der Waals surface area contributed by atoms with Crippen molar-refractivity contribution >= 4 is 5.97 Å². The molecule has 3 heterocycles. The van der Waals surface area contributed by atoms with Crippen molar-refractivity contribution in [3.8, 4) is 0 Å². The molecule has 0 spiro atoms. The Bertz CT molecular complexity index is 658. The highest BCUT2D eigenvalue weighted by Gasteiger charge is 2.73. The van der Waals surface area contributed by atoms with Crippen LogP contribution in [0.3, 0.4) is 0 Å². The molecule has 0 aromatic carbocycles. The van der Waals surface area contributed by atoms with Gasteiger partial charge in [-0.2, -0.15) is 0 Å². The van der Waals surface area contributed by atoms with E-state index in [0.29, 0.717) is 35.8 Å². The second kappa shape index (κ2) is 5.57. The first-order valence-electron chi connectivity index (χ1n) is 10.7. The molecule has 3 aliphatic carbocycles. The lowest BCUT2D eigenvalue weighted by atomic mass is 9.40. The number of allylic oxidation sites excluding steroid dienone is 1. The van der Waals surface area contributed by atoms with Crippen molar-refractivity contribution in [1.82, 2.24) is 5.32 Å². The van der Waals surface area contributed by atoms with E-state index in [0.717, 1.165) is 12.8 Å². The van der Waals surface area contributed by atoms with Crippen molar-refractivity contribution < 1.29 is 14.6 Å². The van der Waals surface area contributed by atoms with Gasteiger partial charge < -0.3 is 9.84 Å². The van der Waals surface area contributed by atoms with Crippen LogP contribution in [-0.2, 0) is 9.53 Å². The van der Waals surface area contributed by atoms with Crippen LogP contribution in [0, 0.1) is 34.5 Å². The number of nitrogens with one attached hydrogen (secondary N) is 1. The van der Waals surface area contributed by atoms with Gasteiger partial charge in [0.1, 0.15) is 6.23 Å². The molecule has 144 valence electrons. The average Bonchev–Trinajstić information content (AvgIpc) is 2.99.